The van der Waals surface area contributed by atoms with Gasteiger partial charge in [-0.05, 0) is 54.8 Å². The van der Waals surface area contributed by atoms with Gasteiger partial charge in [-0.25, -0.2) is 9.91 Å². The fraction of sp³-hybridized carbons (Fsp3) is 0.214. The van der Waals surface area contributed by atoms with Crippen molar-refractivity contribution in [1.29, 1.82) is 5.41 Å². The zero-order valence-electron chi connectivity index (χ0n) is 19.9. The number of nitrogens with one attached hydrogen (secondary N) is 1. The van der Waals surface area contributed by atoms with Crippen molar-refractivity contribution in [2.75, 3.05) is 4.90 Å². The van der Waals surface area contributed by atoms with E-state index in [0.29, 0.717) is 17.1 Å². The molecule has 0 saturated carbocycles. The Morgan fingerprint density at radius 3 is 2.39 bits per heavy atom. The first-order chi connectivity index (χ1) is 17.3. The second-order valence-corrected chi connectivity index (χ2v) is 10.7. The van der Waals surface area contributed by atoms with Crippen LogP contribution < -0.4 is 4.90 Å². The quantitative estimate of drug-likeness (QED) is 0.258. The Bertz CT molecular complexity index is 1370. The zero-order valence-corrected chi connectivity index (χ0v) is 21.5. The lowest BCUT2D eigenvalue weighted by Gasteiger charge is -2.24. The number of hydrazone groups is 1. The first kappa shape index (κ1) is 24.3. The van der Waals surface area contributed by atoms with E-state index in [4.69, 9.17) is 22.1 Å². The molecule has 5 rings (SSSR count). The SMILES string of the molecule is Cc1ccc(C2=NN(C(=N)SC3CC(=O)N(c4cccc(C)c4)C3=O)C(c3ccc(Cl)cc3)C2)cc1. The topological polar surface area (TPSA) is 76.8 Å². The summed E-state index contributed by atoms with van der Waals surface area (Å²) in [6, 6.07) is 22.8. The average molecular weight is 517 g/mol. The van der Waals surface area contributed by atoms with Crippen LogP contribution in [0.15, 0.2) is 77.9 Å². The van der Waals surface area contributed by atoms with Crippen LogP contribution in [0.5, 0.6) is 0 Å². The highest BCUT2D eigenvalue weighted by atomic mass is 35.5. The van der Waals surface area contributed by atoms with Crippen LogP contribution in [0.3, 0.4) is 0 Å². The van der Waals surface area contributed by atoms with Crippen molar-refractivity contribution in [3.63, 3.8) is 0 Å². The molecule has 0 aliphatic carbocycles. The monoisotopic (exact) mass is 516 g/mol. The van der Waals surface area contributed by atoms with Gasteiger partial charge in [-0.2, -0.15) is 5.10 Å². The van der Waals surface area contributed by atoms with Crippen molar-refractivity contribution >= 4 is 51.7 Å². The van der Waals surface area contributed by atoms with Gasteiger partial charge in [-0.15, -0.1) is 0 Å². The Morgan fingerprint density at radius 2 is 1.69 bits per heavy atom. The van der Waals surface area contributed by atoms with Crippen LogP contribution in [0, 0.1) is 19.3 Å². The number of aryl methyl sites for hydroxylation is 2. The third-order valence-electron chi connectivity index (χ3n) is 6.38. The molecule has 36 heavy (non-hydrogen) atoms. The number of rotatable bonds is 4. The van der Waals surface area contributed by atoms with Crippen LogP contribution in [0.2, 0.25) is 5.02 Å². The predicted molar refractivity (Wildman–Crippen MR) is 146 cm³/mol. The number of carbonyl (C=O) groups excluding carboxylic acids is 2. The summed E-state index contributed by atoms with van der Waals surface area (Å²) in [5.41, 5.74) is 5.55. The lowest BCUT2D eigenvalue weighted by Crippen LogP contribution is -2.32. The van der Waals surface area contributed by atoms with Crippen molar-refractivity contribution in [3.8, 4) is 0 Å². The number of hydrogen-bond donors (Lipinski definition) is 1. The second-order valence-electron chi connectivity index (χ2n) is 9.05. The third kappa shape index (κ3) is 4.81. The number of carbonyl (C=O) groups is 2. The molecule has 8 heteroatoms. The highest BCUT2D eigenvalue weighted by Gasteiger charge is 2.42. The summed E-state index contributed by atoms with van der Waals surface area (Å²) in [6.07, 6.45) is 0.661. The van der Waals surface area contributed by atoms with Crippen molar-refractivity contribution in [3.05, 3.63) is 100 Å². The number of anilines is 1. The molecule has 1 fully saturated rings. The molecule has 0 aromatic heterocycles. The fourth-order valence-corrected chi connectivity index (χ4v) is 5.59. The number of thioether (sulfide) groups is 1. The smallest absolute Gasteiger partial charge is 0.247 e. The average Bonchev–Trinajstić information content (AvgIpc) is 3.41. The number of halogens is 1. The molecule has 3 aromatic carbocycles. The highest BCUT2D eigenvalue weighted by Crippen LogP contribution is 2.38. The van der Waals surface area contributed by atoms with Gasteiger partial charge in [0.15, 0.2) is 5.17 Å². The van der Waals surface area contributed by atoms with Crippen LogP contribution in [0.25, 0.3) is 0 Å². The number of hydrogen-bond acceptors (Lipinski definition) is 5. The Balaban J connectivity index is 1.40. The Hall–Kier alpha value is -3.42. The summed E-state index contributed by atoms with van der Waals surface area (Å²) in [6.45, 7) is 3.96. The molecule has 2 amide bonds. The first-order valence-electron chi connectivity index (χ1n) is 11.7. The van der Waals surface area contributed by atoms with Crippen LogP contribution in [0.1, 0.15) is 41.1 Å². The summed E-state index contributed by atoms with van der Waals surface area (Å²) in [4.78, 5) is 27.2. The van der Waals surface area contributed by atoms with E-state index in [0.717, 1.165) is 39.7 Å². The second kappa shape index (κ2) is 9.91. The Labute approximate surface area is 219 Å². The maximum absolute atomic E-state index is 13.2. The normalized spacial score (nSPS) is 19.7. The molecule has 2 unspecified atom stereocenters. The van der Waals surface area contributed by atoms with Gasteiger partial charge in [0.05, 0.1) is 17.4 Å². The number of imide groups is 1. The molecule has 0 radical (unpaired) electrons. The zero-order chi connectivity index (χ0) is 25.4. The van der Waals surface area contributed by atoms with E-state index in [1.807, 2.05) is 80.6 Å². The number of amides is 2. The molecule has 1 N–H and O–H groups in total. The van der Waals surface area contributed by atoms with Crippen LogP contribution in [-0.2, 0) is 9.59 Å². The predicted octanol–water partition coefficient (Wildman–Crippen LogP) is 6.11. The number of benzene rings is 3. The van der Waals surface area contributed by atoms with Crippen LogP contribution in [-0.4, -0.2) is 33.0 Å². The van der Waals surface area contributed by atoms with Crippen molar-refractivity contribution in [1.82, 2.24) is 5.01 Å². The van der Waals surface area contributed by atoms with E-state index in [2.05, 4.69) is 0 Å². The van der Waals surface area contributed by atoms with E-state index < -0.39 is 5.25 Å². The standard InChI is InChI=1S/C28H25ClN4O2S/c1-17-6-8-19(9-7-17)23-15-24(20-10-12-21(29)13-11-20)33(31-23)28(30)36-25-16-26(34)32(27(25)35)22-5-3-4-18(2)14-22/h3-14,24-25,30H,15-16H2,1-2H3. The minimum atomic E-state index is -0.671. The third-order valence-corrected chi connectivity index (χ3v) is 7.69. The van der Waals surface area contributed by atoms with Crippen LogP contribution >= 0.6 is 23.4 Å². The van der Waals surface area contributed by atoms with Gasteiger partial charge in [-0.1, -0.05) is 77.5 Å². The molecular formula is C28H25ClN4O2S. The molecule has 182 valence electrons. The minimum Gasteiger partial charge on any atom is -0.277 e. The van der Waals surface area contributed by atoms with Gasteiger partial charge >= 0.3 is 0 Å². The van der Waals surface area contributed by atoms with Gasteiger partial charge in [0.25, 0.3) is 0 Å². The highest BCUT2D eigenvalue weighted by molar-refractivity contribution is 8.14. The van der Waals surface area contributed by atoms with Crippen molar-refractivity contribution < 1.29 is 9.59 Å². The largest absolute Gasteiger partial charge is 0.277 e. The number of nitrogens with zero attached hydrogens (tertiary/aromatic N) is 3. The Morgan fingerprint density at radius 1 is 0.972 bits per heavy atom. The van der Waals surface area contributed by atoms with E-state index in [1.165, 1.54) is 4.90 Å². The minimum absolute atomic E-state index is 0.0494. The maximum atomic E-state index is 13.2. The maximum Gasteiger partial charge on any atom is 0.247 e. The molecule has 6 nitrogen and oxygen atoms in total. The van der Waals surface area contributed by atoms with E-state index in [-0.39, 0.29) is 29.4 Å². The van der Waals surface area contributed by atoms with E-state index in [1.54, 1.807) is 11.1 Å². The van der Waals surface area contributed by atoms with Crippen molar-refractivity contribution in [2.45, 2.75) is 38.0 Å². The van der Waals surface area contributed by atoms with Gasteiger partial charge in [0.1, 0.15) is 5.25 Å². The van der Waals surface area contributed by atoms with Gasteiger partial charge in [0, 0.05) is 17.9 Å². The molecular weight excluding hydrogens is 492 g/mol. The lowest BCUT2D eigenvalue weighted by molar-refractivity contribution is -0.121. The molecule has 2 atom stereocenters. The van der Waals surface area contributed by atoms with Gasteiger partial charge in [-0.3, -0.25) is 15.0 Å². The first-order valence-corrected chi connectivity index (χ1v) is 12.9. The summed E-state index contributed by atoms with van der Waals surface area (Å²) < 4.78 is 0. The molecule has 3 aromatic rings. The lowest BCUT2D eigenvalue weighted by atomic mass is 9.98. The summed E-state index contributed by atoms with van der Waals surface area (Å²) in [5, 5.41) is 15.5. The molecule has 0 spiro atoms. The fourth-order valence-electron chi connectivity index (χ4n) is 4.49. The number of amidine groups is 1. The molecule has 2 aliphatic heterocycles. The van der Waals surface area contributed by atoms with E-state index in [9.17, 15) is 9.59 Å². The van der Waals surface area contributed by atoms with Gasteiger partial charge in [0.2, 0.25) is 11.8 Å². The van der Waals surface area contributed by atoms with Crippen molar-refractivity contribution in [2.24, 2.45) is 5.10 Å². The summed E-state index contributed by atoms with van der Waals surface area (Å²) >= 11 is 7.20. The van der Waals surface area contributed by atoms with Gasteiger partial charge < -0.3 is 0 Å². The molecule has 0 bridgehead atoms. The molecule has 1 saturated heterocycles. The molecule has 2 heterocycles. The van der Waals surface area contributed by atoms with Crippen LogP contribution in [0.4, 0.5) is 5.69 Å². The summed E-state index contributed by atoms with van der Waals surface area (Å²) in [7, 11) is 0. The summed E-state index contributed by atoms with van der Waals surface area (Å²) in [5.74, 6) is -0.555. The molecule has 2 aliphatic rings. The Kier molecular flexibility index (Phi) is 6.69. The van der Waals surface area contributed by atoms with E-state index >= 15 is 0 Å².